The van der Waals surface area contributed by atoms with Crippen LogP contribution in [0.25, 0.3) is 11.3 Å². The SMILES string of the molecule is CCN(CC)c1ccc(NC(=O)c2cccc(CSCCOCCOCCOCCOCCOCCOCCOCCOC)c2)c(-c2cc(C(=O)NC3CCCc4ccccc43)ccn2)c1. The molecule has 14 nitrogen and oxygen atoms in total. The third kappa shape index (κ3) is 18.7. The van der Waals surface area contributed by atoms with E-state index >= 15 is 0 Å². The lowest BCUT2D eigenvalue weighted by Gasteiger charge is -2.26. The molecule has 1 heterocycles. The Labute approximate surface area is 395 Å². The summed E-state index contributed by atoms with van der Waals surface area (Å²) >= 11 is 1.75. The summed E-state index contributed by atoms with van der Waals surface area (Å²) in [5.74, 6) is 1.18. The molecule has 1 unspecified atom stereocenters. The van der Waals surface area contributed by atoms with E-state index < -0.39 is 0 Å². The number of ether oxygens (including phenoxy) is 8. The number of fused-ring (bicyclic) bond motifs is 1. The number of amides is 2. The van der Waals surface area contributed by atoms with Gasteiger partial charge in [-0.2, -0.15) is 11.8 Å². The number of hydrogen-bond donors (Lipinski definition) is 2. The Bertz CT molecular complexity index is 2000. The second kappa shape index (κ2) is 31.5. The van der Waals surface area contributed by atoms with Crippen LogP contribution in [0.4, 0.5) is 11.4 Å². The van der Waals surface area contributed by atoms with Crippen LogP contribution in [0.15, 0.2) is 85.1 Å². The minimum Gasteiger partial charge on any atom is -0.382 e. The first-order chi connectivity index (χ1) is 32.5. The van der Waals surface area contributed by atoms with E-state index in [1.54, 1.807) is 31.1 Å². The van der Waals surface area contributed by atoms with E-state index in [0.717, 1.165) is 60.7 Å². The van der Waals surface area contributed by atoms with Gasteiger partial charge in [0, 0.05) is 60.3 Å². The molecule has 1 aliphatic carbocycles. The molecule has 5 rings (SSSR count). The highest BCUT2D eigenvalue weighted by Gasteiger charge is 2.23. The van der Waals surface area contributed by atoms with Crippen molar-refractivity contribution in [1.29, 1.82) is 0 Å². The first-order valence-electron chi connectivity index (χ1n) is 23.3. The van der Waals surface area contributed by atoms with Gasteiger partial charge in [0.1, 0.15) is 0 Å². The number of pyridine rings is 1. The highest BCUT2D eigenvalue weighted by Crippen LogP contribution is 2.33. The maximum atomic E-state index is 13.8. The Balaban J connectivity index is 0.975. The van der Waals surface area contributed by atoms with E-state index in [0.29, 0.717) is 122 Å². The van der Waals surface area contributed by atoms with E-state index in [9.17, 15) is 9.59 Å². The minimum atomic E-state index is -0.221. The Morgan fingerprint density at radius 3 is 1.91 bits per heavy atom. The van der Waals surface area contributed by atoms with Crippen LogP contribution < -0.4 is 15.5 Å². The maximum Gasteiger partial charge on any atom is 0.255 e. The van der Waals surface area contributed by atoms with Crippen LogP contribution in [0.5, 0.6) is 0 Å². The van der Waals surface area contributed by atoms with Crippen molar-refractivity contribution in [3.63, 3.8) is 0 Å². The fraction of sp³-hybridized carbons (Fsp3) is 0.510. The summed E-state index contributed by atoms with van der Waals surface area (Å²) in [6, 6.07) is 25.5. The molecular formula is C51H70N4O10S. The van der Waals surface area contributed by atoms with Gasteiger partial charge < -0.3 is 53.4 Å². The summed E-state index contributed by atoms with van der Waals surface area (Å²) in [5.41, 5.74) is 7.57. The predicted octanol–water partition coefficient (Wildman–Crippen LogP) is 7.65. The highest BCUT2D eigenvalue weighted by molar-refractivity contribution is 7.98. The van der Waals surface area contributed by atoms with Crippen molar-refractivity contribution in [3.8, 4) is 11.3 Å². The number of aromatic nitrogens is 1. The first-order valence-corrected chi connectivity index (χ1v) is 24.4. The monoisotopic (exact) mass is 930 g/mol. The quantitative estimate of drug-likeness (QED) is 0.0443. The van der Waals surface area contributed by atoms with Gasteiger partial charge in [-0.15, -0.1) is 0 Å². The number of nitrogens with one attached hydrogen (secondary N) is 2. The average Bonchev–Trinajstić information content (AvgIpc) is 3.35. The van der Waals surface area contributed by atoms with Crippen molar-refractivity contribution < 1.29 is 47.5 Å². The summed E-state index contributed by atoms with van der Waals surface area (Å²) in [4.78, 5) is 34.4. The Morgan fingerprint density at radius 1 is 0.667 bits per heavy atom. The Morgan fingerprint density at radius 2 is 1.27 bits per heavy atom. The molecule has 1 aliphatic rings. The second-order valence-corrected chi connectivity index (χ2v) is 16.5. The molecule has 1 atom stereocenters. The molecule has 66 heavy (non-hydrogen) atoms. The summed E-state index contributed by atoms with van der Waals surface area (Å²) < 4.78 is 43.6. The Kier molecular flexibility index (Phi) is 25.1. The fourth-order valence-electron chi connectivity index (χ4n) is 7.37. The normalized spacial score (nSPS) is 13.3. The number of methoxy groups -OCH3 is 1. The van der Waals surface area contributed by atoms with Crippen LogP contribution in [-0.2, 0) is 50.1 Å². The van der Waals surface area contributed by atoms with Crippen LogP contribution in [0.1, 0.15) is 70.1 Å². The van der Waals surface area contributed by atoms with E-state index in [2.05, 4.69) is 47.6 Å². The van der Waals surface area contributed by atoms with E-state index in [-0.39, 0.29) is 17.9 Å². The molecule has 3 aromatic carbocycles. The lowest BCUT2D eigenvalue weighted by atomic mass is 9.87. The third-order valence-corrected chi connectivity index (χ3v) is 11.8. The van der Waals surface area contributed by atoms with Crippen molar-refractivity contribution in [2.24, 2.45) is 0 Å². The van der Waals surface area contributed by atoms with Gasteiger partial charge in [0.05, 0.1) is 117 Å². The molecule has 1 aromatic heterocycles. The van der Waals surface area contributed by atoms with Gasteiger partial charge in [0.15, 0.2) is 0 Å². The average molecular weight is 931 g/mol. The molecule has 4 aromatic rings. The van der Waals surface area contributed by atoms with Crippen LogP contribution >= 0.6 is 11.8 Å². The molecule has 0 spiro atoms. The summed E-state index contributed by atoms with van der Waals surface area (Å²) in [7, 11) is 1.65. The number of carbonyl (C=O) groups is 2. The molecule has 2 N–H and O–H groups in total. The zero-order valence-corrected chi connectivity index (χ0v) is 39.9. The van der Waals surface area contributed by atoms with Gasteiger partial charge in [0.2, 0.25) is 0 Å². The largest absolute Gasteiger partial charge is 0.382 e. The van der Waals surface area contributed by atoms with Gasteiger partial charge in [-0.25, -0.2) is 0 Å². The summed E-state index contributed by atoms with van der Waals surface area (Å²) in [5, 5.41) is 6.42. The lowest BCUT2D eigenvalue weighted by molar-refractivity contribution is -0.0217. The van der Waals surface area contributed by atoms with Crippen molar-refractivity contribution >= 4 is 35.0 Å². The van der Waals surface area contributed by atoms with E-state index in [1.807, 2.05) is 54.6 Å². The maximum absolute atomic E-state index is 13.8. The lowest BCUT2D eigenvalue weighted by Crippen LogP contribution is -2.31. The molecule has 0 saturated heterocycles. The number of benzene rings is 3. The van der Waals surface area contributed by atoms with Crippen LogP contribution in [-0.4, -0.2) is 142 Å². The first kappa shape index (κ1) is 52.5. The molecule has 0 aliphatic heterocycles. The molecule has 360 valence electrons. The third-order valence-electron chi connectivity index (χ3n) is 10.8. The van der Waals surface area contributed by atoms with Crippen molar-refractivity contribution in [2.75, 3.05) is 135 Å². The van der Waals surface area contributed by atoms with Crippen LogP contribution in [0.3, 0.4) is 0 Å². The number of thioether (sulfide) groups is 1. The van der Waals surface area contributed by atoms with Gasteiger partial charge in [-0.3, -0.25) is 14.6 Å². The number of hydrogen-bond acceptors (Lipinski definition) is 13. The number of carbonyl (C=O) groups excluding carboxylic acids is 2. The predicted molar refractivity (Wildman–Crippen MR) is 261 cm³/mol. The second-order valence-electron chi connectivity index (χ2n) is 15.4. The summed E-state index contributed by atoms with van der Waals surface area (Å²) in [6.45, 7) is 13.7. The molecular weight excluding hydrogens is 861 g/mol. The molecule has 0 fully saturated rings. The van der Waals surface area contributed by atoms with Crippen molar-refractivity contribution in [2.45, 2.75) is 44.9 Å². The fourth-order valence-corrected chi connectivity index (χ4v) is 8.17. The smallest absolute Gasteiger partial charge is 0.255 e. The Hall–Kier alpha value is -4.42. The minimum absolute atomic E-state index is 0.0404. The molecule has 0 saturated carbocycles. The zero-order valence-electron chi connectivity index (χ0n) is 39.1. The highest BCUT2D eigenvalue weighted by atomic mass is 32.2. The van der Waals surface area contributed by atoms with Crippen molar-refractivity contribution in [3.05, 3.63) is 113 Å². The number of aryl methyl sites for hydroxylation is 1. The molecule has 0 bridgehead atoms. The van der Waals surface area contributed by atoms with Gasteiger partial charge in [-0.05, 0) is 92.3 Å². The number of nitrogens with zero attached hydrogens (tertiary/aromatic N) is 2. The molecule has 15 heteroatoms. The number of anilines is 2. The van der Waals surface area contributed by atoms with E-state index in [4.69, 9.17) is 42.9 Å². The zero-order chi connectivity index (χ0) is 46.4. The molecule has 0 radical (unpaired) electrons. The molecule has 2 amide bonds. The van der Waals surface area contributed by atoms with Gasteiger partial charge in [0.25, 0.3) is 11.8 Å². The van der Waals surface area contributed by atoms with Crippen LogP contribution in [0, 0.1) is 0 Å². The summed E-state index contributed by atoms with van der Waals surface area (Å²) in [6.07, 6.45) is 4.61. The van der Waals surface area contributed by atoms with Gasteiger partial charge >= 0.3 is 0 Å². The van der Waals surface area contributed by atoms with Crippen LogP contribution in [0.2, 0.25) is 0 Å². The topological polar surface area (TPSA) is 148 Å². The van der Waals surface area contributed by atoms with E-state index in [1.165, 1.54) is 11.1 Å². The van der Waals surface area contributed by atoms with Gasteiger partial charge in [-0.1, -0.05) is 36.4 Å². The standard InChI is InChI=1S/C51H70N4O10S/c1-4-55(5-2)44-16-17-48(46(38-44)49-37-43(18-19-52-49)51(57)53-47-15-9-12-41-11-6-7-14-45(41)47)54-50(56)42-13-8-10-40(36-42)39-66-35-34-65-33-32-64-31-30-63-29-28-62-27-26-61-25-24-60-23-22-59-21-20-58-3/h6-8,10-11,13-14,16-19,36-38,47H,4-5,9,12,15,20-35,39H2,1-3H3,(H,53,57)(H,54,56). The number of rotatable bonds is 34. The van der Waals surface area contributed by atoms with Crippen molar-refractivity contribution in [1.82, 2.24) is 10.3 Å².